The summed E-state index contributed by atoms with van der Waals surface area (Å²) in [6.07, 6.45) is 10.3. The summed E-state index contributed by atoms with van der Waals surface area (Å²) in [4.78, 5) is 4.90. The fraction of sp³-hybridized carbons (Fsp3) is 0.923. The fourth-order valence-electron chi connectivity index (χ4n) is 3.04. The third kappa shape index (κ3) is 2.04. The number of rotatable bonds is 3. The average molecular weight is 209 g/mol. The maximum absolute atomic E-state index is 6.00. The maximum atomic E-state index is 6.00. The Labute approximate surface area is 93.1 Å². The second-order valence-corrected chi connectivity index (χ2v) is 4.92. The van der Waals surface area contributed by atoms with E-state index in [0.29, 0.717) is 6.10 Å². The molecule has 0 bridgehead atoms. The van der Waals surface area contributed by atoms with Gasteiger partial charge in [0.15, 0.2) is 5.90 Å². The van der Waals surface area contributed by atoms with Gasteiger partial charge in [0.2, 0.25) is 0 Å². The van der Waals surface area contributed by atoms with Crippen LogP contribution in [0.25, 0.3) is 0 Å². The molecule has 0 N–H and O–H groups in total. The van der Waals surface area contributed by atoms with Crippen molar-refractivity contribution in [2.75, 3.05) is 0 Å². The van der Waals surface area contributed by atoms with Crippen LogP contribution in [0.15, 0.2) is 4.99 Å². The van der Waals surface area contributed by atoms with Crippen molar-refractivity contribution < 1.29 is 4.74 Å². The van der Waals surface area contributed by atoms with Crippen LogP contribution in [0.2, 0.25) is 0 Å². The van der Waals surface area contributed by atoms with Crippen LogP contribution in [0.5, 0.6) is 0 Å². The van der Waals surface area contributed by atoms with Gasteiger partial charge in [-0.2, -0.15) is 0 Å². The molecule has 15 heavy (non-hydrogen) atoms. The number of ether oxygens (including phenoxy) is 1. The number of hydrogen-bond donors (Lipinski definition) is 0. The lowest BCUT2D eigenvalue weighted by Gasteiger charge is -2.29. The summed E-state index contributed by atoms with van der Waals surface area (Å²) in [6, 6.07) is 0. The summed E-state index contributed by atoms with van der Waals surface area (Å²) >= 11 is 0. The second-order valence-electron chi connectivity index (χ2n) is 4.92. The number of fused-ring (bicyclic) bond motifs is 1. The summed E-state index contributed by atoms with van der Waals surface area (Å²) in [7, 11) is 0. The second kappa shape index (κ2) is 4.54. The zero-order valence-corrected chi connectivity index (χ0v) is 10.1. The molecule has 0 radical (unpaired) electrons. The zero-order valence-electron chi connectivity index (χ0n) is 10.1. The molecule has 2 atom stereocenters. The van der Waals surface area contributed by atoms with Crippen LogP contribution in [0.3, 0.4) is 0 Å². The maximum Gasteiger partial charge on any atom is 0.184 e. The predicted molar refractivity (Wildman–Crippen MR) is 63.3 cm³/mol. The SMILES string of the molecule is CCC[C@@]12CCCCC[C@@H]1OC(CC)=N2. The van der Waals surface area contributed by atoms with E-state index in [9.17, 15) is 0 Å². The highest BCUT2D eigenvalue weighted by molar-refractivity contribution is 5.78. The van der Waals surface area contributed by atoms with Gasteiger partial charge in [0, 0.05) is 6.42 Å². The van der Waals surface area contributed by atoms with Crippen molar-refractivity contribution in [3.05, 3.63) is 0 Å². The molecular weight excluding hydrogens is 186 g/mol. The molecule has 0 unspecified atom stereocenters. The van der Waals surface area contributed by atoms with Gasteiger partial charge in [-0.1, -0.05) is 33.1 Å². The number of hydrogen-bond acceptors (Lipinski definition) is 2. The summed E-state index contributed by atoms with van der Waals surface area (Å²) < 4.78 is 6.00. The lowest BCUT2D eigenvalue weighted by molar-refractivity contribution is 0.119. The molecule has 1 saturated carbocycles. The first kappa shape index (κ1) is 11.0. The van der Waals surface area contributed by atoms with Gasteiger partial charge in [-0.25, -0.2) is 4.99 Å². The van der Waals surface area contributed by atoms with Crippen molar-refractivity contribution >= 4 is 5.90 Å². The van der Waals surface area contributed by atoms with Crippen LogP contribution in [0.1, 0.15) is 65.2 Å². The minimum absolute atomic E-state index is 0.163. The molecule has 2 nitrogen and oxygen atoms in total. The minimum Gasteiger partial charge on any atom is -0.475 e. The van der Waals surface area contributed by atoms with Gasteiger partial charge in [0.1, 0.15) is 11.6 Å². The van der Waals surface area contributed by atoms with E-state index in [1.54, 1.807) is 0 Å². The van der Waals surface area contributed by atoms with Gasteiger partial charge in [-0.15, -0.1) is 0 Å². The summed E-state index contributed by atoms with van der Waals surface area (Å²) in [5.74, 6) is 1.01. The Morgan fingerprint density at radius 2 is 2.20 bits per heavy atom. The Balaban J connectivity index is 2.19. The van der Waals surface area contributed by atoms with Crippen molar-refractivity contribution in [1.29, 1.82) is 0 Å². The van der Waals surface area contributed by atoms with E-state index in [1.807, 2.05) is 0 Å². The number of nitrogens with zero attached hydrogens (tertiary/aromatic N) is 1. The molecule has 2 rings (SSSR count). The Hall–Kier alpha value is -0.530. The molecule has 0 spiro atoms. The smallest absolute Gasteiger partial charge is 0.184 e. The van der Waals surface area contributed by atoms with E-state index in [4.69, 9.17) is 9.73 Å². The van der Waals surface area contributed by atoms with Crippen molar-refractivity contribution in [2.45, 2.75) is 76.9 Å². The first-order chi connectivity index (χ1) is 7.30. The topological polar surface area (TPSA) is 21.6 Å². The van der Waals surface area contributed by atoms with E-state index >= 15 is 0 Å². The Bertz CT molecular complexity index is 249. The highest BCUT2D eigenvalue weighted by atomic mass is 16.5. The van der Waals surface area contributed by atoms with Crippen LogP contribution in [-0.2, 0) is 4.74 Å². The third-order valence-electron chi connectivity index (χ3n) is 3.79. The molecule has 0 aromatic heterocycles. The van der Waals surface area contributed by atoms with Crippen LogP contribution in [0, 0.1) is 0 Å². The van der Waals surface area contributed by atoms with Crippen LogP contribution in [-0.4, -0.2) is 17.5 Å². The quantitative estimate of drug-likeness (QED) is 0.694. The van der Waals surface area contributed by atoms with Crippen molar-refractivity contribution in [3.63, 3.8) is 0 Å². The van der Waals surface area contributed by atoms with Gasteiger partial charge in [0.05, 0.1) is 0 Å². The molecule has 86 valence electrons. The van der Waals surface area contributed by atoms with Crippen LogP contribution in [0.4, 0.5) is 0 Å². The first-order valence-corrected chi connectivity index (χ1v) is 6.56. The Morgan fingerprint density at radius 3 is 2.93 bits per heavy atom. The molecule has 0 amide bonds. The average Bonchev–Trinajstić information content (AvgIpc) is 2.47. The molecule has 1 fully saturated rings. The summed E-state index contributed by atoms with van der Waals surface area (Å²) in [5, 5.41) is 0. The molecule has 0 saturated heterocycles. The molecule has 1 aliphatic carbocycles. The standard InChI is InChI=1S/C13H23NO/c1-3-9-13-10-7-5-6-8-11(13)15-12(4-2)14-13/h11H,3-10H2,1-2H3/t11-,13+/m0/s1. The van der Waals surface area contributed by atoms with E-state index in [0.717, 1.165) is 12.3 Å². The van der Waals surface area contributed by atoms with Crippen molar-refractivity contribution in [1.82, 2.24) is 0 Å². The summed E-state index contributed by atoms with van der Waals surface area (Å²) in [6.45, 7) is 4.40. The fourth-order valence-corrected chi connectivity index (χ4v) is 3.04. The van der Waals surface area contributed by atoms with Crippen molar-refractivity contribution in [2.24, 2.45) is 4.99 Å². The molecule has 2 heteroatoms. The van der Waals surface area contributed by atoms with Gasteiger partial charge < -0.3 is 4.74 Å². The van der Waals surface area contributed by atoms with E-state index < -0.39 is 0 Å². The molecule has 1 aliphatic heterocycles. The van der Waals surface area contributed by atoms with Gasteiger partial charge in [0.25, 0.3) is 0 Å². The van der Waals surface area contributed by atoms with Gasteiger partial charge in [-0.05, 0) is 25.7 Å². The van der Waals surface area contributed by atoms with E-state index in [2.05, 4.69) is 13.8 Å². The minimum atomic E-state index is 0.163. The van der Waals surface area contributed by atoms with Gasteiger partial charge in [-0.3, -0.25) is 0 Å². The third-order valence-corrected chi connectivity index (χ3v) is 3.79. The van der Waals surface area contributed by atoms with Crippen LogP contribution >= 0.6 is 0 Å². The van der Waals surface area contributed by atoms with E-state index in [1.165, 1.54) is 44.9 Å². The van der Waals surface area contributed by atoms with Crippen molar-refractivity contribution in [3.8, 4) is 0 Å². The Morgan fingerprint density at radius 1 is 1.33 bits per heavy atom. The van der Waals surface area contributed by atoms with Crippen LogP contribution < -0.4 is 0 Å². The van der Waals surface area contributed by atoms with E-state index in [-0.39, 0.29) is 5.54 Å². The summed E-state index contributed by atoms with van der Waals surface area (Å²) in [5.41, 5.74) is 0.163. The molecule has 0 aromatic carbocycles. The molecule has 0 aromatic rings. The molecule has 2 aliphatic rings. The predicted octanol–water partition coefficient (Wildman–Crippen LogP) is 3.70. The lowest BCUT2D eigenvalue weighted by atomic mass is 9.84. The normalized spacial score (nSPS) is 35.3. The molecular formula is C13H23NO. The largest absolute Gasteiger partial charge is 0.475 e. The molecule has 1 heterocycles. The Kier molecular flexibility index (Phi) is 3.32. The monoisotopic (exact) mass is 209 g/mol. The zero-order chi connectivity index (χ0) is 10.7. The highest BCUT2D eigenvalue weighted by Crippen LogP contribution is 2.40. The number of aliphatic imine (C=N–C) groups is 1. The lowest BCUT2D eigenvalue weighted by Crippen LogP contribution is -2.37. The van der Waals surface area contributed by atoms with Gasteiger partial charge >= 0.3 is 0 Å². The highest BCUT2D eigenvalue weighted by Gasteiger charge is 2.44. The first-order valence-electron chi connectivity index (χ1n) is 6.56.